The summed E-state index contributed by atoms with van der Waals surface area (Å²) in [4.78, 5) is 24.7. The van der Waals surface area contributed by atoms with Crippen molar-refractivity contribution < 1.29 is 19.0 Å². The van der Waals surface area contributed by atoms with Crippen LogP contribution < -0.4 is 19.1 Å². The molecule has 8 nitrogen and oxygen atoms in total. The molecule has 2 aliphatic heterocycles. The van der Waals surface area contributed by atoms with E-state index in [9.17, 15) is 4.79 Å². The summed E-state index contributed by atoms with van der Waals surface area (Å²) in [6.07, 6.45) is 0. The van der Waals surface area contributed by atoms with Gasteiger partial charge in [-0.05, 0) is 42.3 Å². The Morgan fingerprint density at radius 3 is 2.46 bits per heavy atom. The molecule has 0 saturated carbocycles. The molecule has 6 rings (SSSR count). The fourth-order valence-electron chi connectivity index (χ4n) is 5.29. The van der Waals surface area contributed by atoms with Gasteiger partial charge in [0.15, 0.2) is 11.5 Å². The summed E-state index contributed by atoms with van der Waals surface area (Å²) in [5.41, 5.74) is 5.20. The second-order valence-electron chi connectivity index (χ2n) is 10.4. The van der Waals surface area contributed by atoms with E-state index in [0.29, 0.717) is 25.3 Å². The number of amides is 1. The maximum absolute atomic E-state index is 13.4. The van der Waals surface area contributed by atoms with Crippen molar-refractivity contribution in [1.82, 2.24) is 14.8 Å². The minimum absolute atomic E-state index is 0.00645. The van der Waals surface area contributed by atoms with Crippen LogP contribution in [0.5, 0.6) is 17.2 Å². The van der Waals surface area contributed by atoms with Crippen LogP contribution in [0.25, 0.3) is 0 Å². The van der Waals surface area contributed by atoms with Gasteiger partial charge in [-0.3, -0.25) is 9.69 Å². The highest BCUT2D eigenvalue weighted by molar-refractivity contribution is 7.09. The standard InChI is InChI=1S/C32H34N4O4S/c1-23-7-9-24(10-8-23)18-34(19-25-11-12-29-30(17-25)40-22-39-29)20-31-33-26(21-41-31)32(37)36-15-13-35(14-16-36)27-5-3-4-6-28(27)38-2/h3-12,17,21H,13-16,18-20,22H2,1-2H3. The van der Waals surface area contributed by atoms with Gasteiger partial charge in [0.25, 0.3) is 5.91 Å². The molecule has 41 heavy (non-hydrogen) atoms. The lowest BCUT2D eigenvalue weighted by atomic mass is 10.1. The van der Waals surface area contributed by atoms with Gasteiger partial charge in [-0.15, -0.1) is 11.3 Å². The average Bonchev–Trinajstić information content (AvgIpc) is 3.67. The van der Waals surface area contributed by atoms with E-state index in [-0.39, 0.29) is 12.7 Å². The minimum Gasteiger partial charge on any atom is -0.495 e. The van der Waals surface area contributed by atoms with Crippen molar-refractivity contribution in [2.75, 3.05) is 45.0 Å². The second kappa shape index (κ2) is 12.2. The molecule has 2 aliphatic rings. The number of hydrogen-bond acceptors (Lipinski definition) is 8. The number of aromatic nitrogens is 1. The number of aryl methyl sites for hydroxylation is 1. The van der Waals surface area contributed by atoms with Gasteiger partial charge < -0.3 is 24.0 Å². The number of rotatable bonds is 9. The third-order valence-corrected chi connectivity index (χ3v) is 8.33. The zero-order valence-corrected chi connectivity index (χ0v) is 24.2. The van der Waals surface area contributed by atoms with Crippen LogP contribution in [0.1, 0.15) is 32.2 Å². The van der Waals surface area contributed by atoms with E-state index in [0.717, 1.165) is 59.7 Å². The zero-order valence-electron chi connectivity index (χ0n) is 23.4. The third-order valence-electron chi connectivity index (χ3n) is 7.49. The highest BCUT2D eigenvalue weighted by Gasteiger charge is 2.25. The van der Waals surface area contributed by atoms with Crippen molar-refractivity contribution in [2.45, 2.75) is 26.6 Å². The largest absolute Gasteiger partial charge is 0.495 e. The first-order valence-corrected chi connectivity index (χ1v) is 14.7. The molecule has 0 N–H and O–H groups in total. The highest BCUT2D eigenvalue weighted by Crippen LogP contribution is 2.33. The lowest BCUT2D eigenvalue weighted by molar-refractivity contribution is 0.0741. The van der Waals surface area contributed by atoms with E-state index in [1.165, 1.54) is 11.1 Å². The van der Waals surface area contributed by atoms with Crippen LogP contribution in [-0.2, 0) is 19.6 Å². The molecular weight excluding hydrogens is 536 g/mol. The number of para-hydroxylation sites is 2. The van der Waals surface area contributed by atoms with Crippen molar-refractivity contribution in [2.24, 2.45) is 0 Å². The van der Waals surface area contributed by atoms with Crippen molar-refractivity contribution in [3.05, 3.63) is 99.5 Å². The molecule has 0 spiro atoms. The number of hydrogen-bond donors (Lipinski definition) is 0. The first-order chi connectivity index (χ1) is 20.1. The molecule has 0 unspecified atom stereocenters. The van der Waals surface area contributed by atoms with E-state index in [1.54, 1.807) is 18.4 Å². The van der Waals surface area contributed by atoms with Crippen LogP contribution in [0.2, 0.25) is 0 Å². The van der Waals surface area contributed by atoms with E-state index in [2.05, 4.69) is 53.1 Å². The van der Waals surface area contributed by atoms with Crippen LogP contribution in [0.4, 0.5) is 5.69 Å². The zero-order chi connectivity index (χ0) is 28.2. The number of nitrogens with zero attached hydrogens (tertiary/aromatic N) is 4. The van der Waals surface area contributed by atoms with Crippen LogP contribution in [0.15, 0.2) is 72.1 Å². The molecule has 0 radical (unpaired) electrons. The summed E-state index contributed by atoms with van der Waals surface area (Å²) in [6, 6.07) is 22.7. The van der Waals surface area contributed by atoms with Crippen molar-refractivity contribution in [3.63, 3.8) is 0 Å². The molecule has 0 aliphatic carbocycles. The highest BCUT2D eigenvalue weighted by atomic mass is 32.1. The van der Waals surface area contributed by atoms with Gasteiger partial charge >= 0.3 is 0 Å². The normalized spacial score (nSPS) is 14.5. The number of methoxy groups -OCH3 is 1. The van der Waals surface area contributed by atoms with Gasteiger partial charge in [-0.25, -0.2) is 4.98 Å². The Hall–Kier alpha value is -4.08. The number of anilines is 1. The van der Waals surface area contributed by atoms with Crippen LogP contribution in [0.3, 0.4) is 0 Å². The maximum Gasteiger partial charge on any atom is 0.273 e. The van der Waals surface area contributed by atoms with E-state index >= 15 is 0 Å². The van der Waals surface area contributed by atoms with Gasteiger partial charge in [0.1, 0.15) is 16.5 Å². The van der Waals surface area contributed by atoms with Crippen molar-refractivity contribution in [1.29, 1.82) is 0 Å². The summed E-state index contributed by atoms with van der Waals surface area (Å²) < 4.78 is 16.6. The number of fused-ring (bicyclic) bond motifs is 1. The maximum atomic E-state index is 13.4. The monoisotopic (exact) mass is 570 g/mol. The Labute approximate surface area is 244 Å². The smallest absolute Gasteiger partial charge is 0.273 e. The van der Waals surface area contributed by atoms with Crippen LogP contribution >= 0.6 is 11.3 Å². The Morgan fingerprint density at radius 1 is 0.927 bits per heavy atom. The molecule has 0 bridgehead atoms. The molecule has 3 heterocycles. The predicted octanol–water partition coefficient (Wildman–Crippen LogP) is 5.35. The Kier molecular flexibility index (Phi) is 8.07. The quantitative estimate of drug-likeness (QED) is 0.269. The Balaban J connectivity index is 1.12. The number of piperazine rings is 1. The predicted molar refractivity (Wildman–Crippen MR) is 160 cm³/mol. The molecule has 1 aromatic heterocycles. The lowest BCUT2D eigenvalue weighted by Gasteiger charge is -2.36. The van der Waals surface area contributed by atoms with Crippen LogP contribution in [0, 0.1) is 6.92 Å². The van der Waals surface area contributed by atoms with Gasteiger partial charge in [0, 0.05) is 44.6 Å². The molecule has 1 fully saturated rings. The number of thiazole rings is 1. The first kappa shape index (κ1) is 27.1. The number of ether oxygens (including phenoxy) is 3. The number of benzene rings is 3. The van der Waals surface area contributed by atoms with Crippen molar-refractivity contribution >= 4 is 22.9 Å². The Bertz CT molecular complexity index is 1500. The summed E-state index contributed by atoms with van der Waals surface area (Å²) in [6.45, 7) is 7.29. The molecule has 0 atom stereocenters. The summed E-state index contributed by atoms with van der Waals surface area (Å²) in [7, 11) is 1.69. The summed E-state index contributed by atoms with van der Waals surface area (Å²) in [5.74, 6) is 2.41. The number of carbonyl (C=O) groups is 1. The van der Waals surface area contributed by atoms with E-state index in [4.69, 9.17) is 19.2 Å². The summed E-state index contributed by atoms with van der Waals surface area (Å²) in [5, 5.41) is 2.82. The second-order valence-corrected chi connectivity index (χ2v) is 11.3. The minimum atomic E-state index is -0.00645. The average molecular weight is 571 g/mol. The molecular formula is C32H34N4O4S. The molecule has 3 aromatic carbocycles. The molecule has 1 saturated heterocycles. The third kappa shape index (κ3) is 6.31. The molecule has 9 heteroatoms. The van der Waals surface area contributed by atoms with Gasteiger partial charge in [-0.1, -0.05) is 48.0 Å². The van der Waals surface area contributed by atoms with Gasteiger partial charge in [0.05, 0.1) is 19.3 Å². The van der Waals surface area contributed by atoms with Gasteiger partial charge in [0.2, 0.25) is 6.79 Å². The fourth-order valence-corrected chi connectivity index (χ4v) is 6.10. The van der Waals surface area contributed by atoms with E-state index < -0.39 is 0 Å². The molecule has 1 amide bonds. The first-order valence-electron chi connectivity index (χ1n) is 13.8. The lowest BCUT2D eigenvalue weighted by Crippen LogP contribution is -2.49. The van der Waals surface area contributed by atoms with E-state index in [1.807, 2.05) is 40.6 Å². The fraction of sp³-hybridized carbons (Fsp3) is 0.312. The summed E-state index contributed by atoms with van der Waals surface area (Å²) >= 11 is 1.54. The number of carbonyl (C=O) groups excluding carboxylic acids is 1. The molecule has 4 aromatic rings. The SMILES string of the molecule is COc1ccccc1N1CCN(C(=O)c2csc(CN(Cc3ccc(C)cc3)Cc3ccc4c(c3)OCO4)n2)CC1. The Morgan fingerprint density at radius 2 is 1.66 bits per heavy atom. The van der Waals surface area contributed by atoms with Crippen LogP contribution in [-0.4, -0.2) is 60.8 Å². The molecule has 212 valence electrons. The topological polar surface area (TPSA) is 67.4 Å². The van der Waals surface area contributed by atoms with Gasteiger partial charge in [-0.2, -0.15) is 0 Å². The van der Waals surface area contributed by atoms with Crippen molar-refractivity contribution in [3.8, 4) is 17.2 Å².